The second kappa shape index (κ2) is 6.77. The maximum Gasteiger partial charge on any atom is 0.233 e. The van der Waals surface area contributed by atoms with Gasteiger partial charge in [-0.25, -0.2) is 0 Å². The van der Waals surface area contributed by atoms with Crippen LogP contribution in [0.3, 0.4) is 0 Å². The van der Waals surface area contributed by atoms with E-state index in [0.29, 0.717) is 6.54 Å². The van der Waals surface area contributed by atoms with E-state index in [9.17, 15) is 4.79 Å². The van der Waals surface area contributed by atoms with Crippen molar-refractivity contribution in [2.45, 2.75) is 24.8 Å². The van der Waals surface area contributed by atoms with E-state index in [1.165, 1.54) is 11.1 Å². The van der Waals surface area contributed by atoms with E-state index in [0.717, 1.165) is 6.54 Å². The van der Waals surface area contributed by atoms with Crippen molar-refractivity contribution in [3.05, 3.63) is 35.4 Å². The van der Waals surface area contributed by atoms with Gasteiger partial charge in [-0.05, 0) is 32.1 Å². The summed E-state index contributed by atoms with van der Waals surface area (Å²) in [7, 11) is 4.08. The summed E-state index contributed by atoms with van der Waals surface area (Å²) in [5.74, 6) is 0.0182. The molecule has 0 saturated carbocycles. The Morgan fingerprint density at radius 3 is 2.47 bits per heavy atom. The minimum absolute atomic E-state index is 0.0182. The van der Waals surface area contributed by atoms with Gasteiger partial charge in [0.2, 0.25) is 5.91 Å². The Labute approximate surface area is 111 Å². The summed E-state index contributed by atoms with van der Waals surface area (Å²) in [4.78, 5) is 13.5. The van der Waals surface area contributed by atoms with Crippen molar-refractivity contribution < 1.29 is 4.79 Å². The SMILES string of the molecule is CC(Br)C(=O)NCc1ccccc1CN(C)C. The second-order valence-electron chi connectivity index (χ2n) is 4.34. The molecular formula is C13H19BrN2O. The molecule has 1 N–H and O–H groups in total. The third-order valence-corrected chi connectivity index (χ3v) is 2.84. The predicted molar refractivity (Wildman–Crippen MR) is 74.1 cm³/mol. The van der Waals surface area contributed by atoms with Crippen LogP contribution < -0.4 is 5.32 Å². The molecule has 0 aliphatic heterocycles. The fourth-order valence-electron chi connectivity index (χ4n) is 1.55. The van der Waals surface area contributed by atoms with Gasteiger partial charge in [-0.15, -0.1) is 0 Å². The van der Waals surface area contributed by atoms with E-state index in [1.807, 2.05) is 33.2 Å². The molecule has 0 spiro atoms. The van der Waals surface area contributed by atoms with Gasteiger partial charge in [0.15, 0.2) is 0 Å². The molecule has 1 amide bonds. The smallest absolute Gasteiger partial charge is 0.233 e. The lowest BCUT2D eigenvalue weighted by Gasteiger charge is -2.15. The Kier molecular flexibility index (Phi) is 5.65. The molecule has 1 atom stereocenters. The van der Waals surface area contributed by atoms with E-state index >= 15 is 0 Å². The minimum Gasteiger partial charge on any atom is -0.351 e. The minimum atomic E-state index is -0.150. The average Bonchev–Trinajstić information content (AvgIpc) is 2.26. The zero-order valence-corrected chi connectivity index (χ0v) is 12.1. The number of benzene rings is 1. The number of rotatable bonds is 5. The zero-order valence-electron chi connectivity index (χ0n) is 10.5. The van der Waals surface area contributed by atoms with E-state index in [-0.39, 0.29) is 10.7 Å². The Bertz CT molecular complexity index is 377. The first-order chi connectivity index (χ1) is 8.00. The average molecular weight is 299 g/mol. The Morgan fingerprint density at radius 2 is 1.94 bits per heavy atom. The van der Waals surface area contributed by atoms with Crippen LogP contribution in [-0.4, -0.2) is 29.7 Å². The van der Waals surface area contributed by atoms with Gasteiger partial charge in [0, 0.05) is 13.1 Å². The van der Waals surface area contributed by atoms with E-state index in [2.05, 4.69) is 38.3 Å². The quantitative estimate of drug-likeness (QED) is 0.845. The monoisotopic (exact) mass is 298 g/mol. The number of nitrogens with zero attached hydrogens (tertiary/aromatic N) is 1. The molecule has 0 bridgehead atoms. The van der Waals surface area contributed by atoms with Crippen LogP contribution in [-0.2, 0) is 17.9 Å². The Morgan fingerprint density at radius 1 is 1.35 bits per heavy atom. The molecule has 0 aliphatic carbocycles. The molecule has 0 heterocycles. The Balaban J connectivity index is 2.67. The molecule has 1 unspecified atom stereocenters. The first kappa shape index (κ1) is 14.2. The molecule has 1 aromatic carbocycles. The summed E-state index contributed by atoms with van der Waals surface area (Å²) >= 11 is 3.25. The van der Waals surface area contributed by atoms with Gasteiger partial charge in [-0.3, -0.25) is 4.79 Å². The van der Waals surface area contributed by atoms with Crippen LogP contribution in [0.4, 0.5) is 0 Å². The largest absolute Gasteiger partial charge is 0.351 e. The standard InChI is InChI=1S/C13H19BrN2O/c1-10(14)13(17)15-8-11-6-4-5-7-12(11)9-16(2)3/h4-7,10H,8-9H2,1-3H3,(H,15,17). The van der Waals surface area contributed by atoms with Crippen LogP contribution in [0.2, 0.25) is 0 Å². The molecule has 1 aromatic rings. The predicted octanol–water partition coefficient (Wildman–Crippen LogP) is 2.15. The normalized spacial score (nSPS) is 12.5. The lowest BCUT2D eigenvalue weighted by Crippen LogP contribution is -2.29. The first-order valence-corrected chi connectivity index (χ1v) is 6.55. The molecule has 0 aromatic heterocycles. The molecule has 0 fully saturated rings. The van der Waals surface area contributed by atoms with Gasteiger partial charge in [-0.2, -0.15) is 0 Å². The van der Waals surface area contributed by atoms with Crippen LogP contribution in [0.25, 0.3) is 0 Å². The summed E-state index contributed by atoms with van der Waals surface area (Å²) < 4.78 is 0. The van der Waals surface area contributed by atoms with E-state index < -0.39 is 0 Å². The van der Waals surface area contributed by atoms with Gasteiger partial charge >= 0.3 is 0 Å². The number of amides is 1. The lowest BCUT2D eigenvalue weighted by atomic mass is 10.1. The van der Waals surface area contributed by atoms with Crippen molar-refractivity contribution in [3.63, 3.8) is 0 Å². The van der Waals surface area contributed by atoms with Crippen molar-refractivity contribution in [1.82, 2.24) is 10.2 Å². The number of hydrogen-bond acceptors (Lipinski definition) is 2. The summed E-state index contributed by atoms with van der Waals surface area (Å²) in [6.45, 7) is 3.29. The highest BCUT2D eigenvalue weighted by molar-refractivity contribution is 9.10. The highest BCUT2D eigenvalue weighted by Gasteiger charge is 2.09. The van der Waals surface area contributed by atoms with Gasteiger partial charge in [0.05, 0.1) is 4.83 Å². The number of carbonyl (C=O) groups excluding carboxylic acids is 1. The maximum atomic E-state index is 11.5. The molecule has 0 aliphatic rings. The summed E-state index contributed by atoms with van der Waals surface area (Å²) in [5, 5.41) is 2.91. The Hall–Kier alpha value is -0.870. The highest BCUT2D eigenvalue weighted by atomic mass is 79.9. The van der Waals surface area contributed by atoms with Gasteiger partial charge in [-0.1, -0.05) is 40.2 Å². The molecule has 17 heavy (non-hydrogen) atoms. The van der Waals surface area contributed by atoms with Crippen molar-refractivity contribution >= 4 is 21.8 Å². The number of halogens is 1. The van der Waals surface area contributed by atoms with Crippen molar-refractivity contribution in [2.75, 3.05) is 14.1 Å². The van der Waals surface area contributed by atoms with Crippen LogP contribution in [0, 0.1) is 0 Å². The molecule has 94 valence electrons. The van der Waals surface area contributed by atoms with Crippen LogP contribution >= 0.6 is 15.9 Å². The molecular weight excluding hydrogens is 280 g/mol. The second-order valence-corrected chi connectivity index (χ2v) is 5.71. The molecule has 4 heteroatoms. The molecule has 1 rings (SSSR count). The zero-order chi connectivity index (χ0) is 12.8. The first-order valence-electron chi connectivity index (χ1n) is 5.64. The fourth-order valence-corrected chi connectivity index (χ4v) is 1.71. The van der Waals surface area contributed by atoms with Crippen molar-refractivity contribution in [2.24, 2.45) is 0 Å². The van der Waals surface area contributed by atoms with Crippen molar-refractivity contribution in [1.29, 1.82) is 0 Å². The highest BCUT2D eigenvalue weighted by Crippen LogP contribution is 2.10. The number of nitrogens with one attached hydrogen (secondary N) is 1. The van der Waals surface area contributed by atoms with Gasteiger partial charge in [0.25, 0.3) is 0 Å². The van der Waals surface area contributed by atoms with Gasteiger partial charge in [0.1, 0.15) is 0 Å². The number of hydrogen-bond donors (Lipinski definition) is 1. The van der Waals surface area contributed by atoms with Crippen LogP contribution in [0.15, 0.2) is 24.3 Å². The fraction of sp³-hybridized carbons (Fsp3) is 0.462. The maximum absolute atomic E-state index is 11.5. The van der Waals surface area contributed by atoms with E-state index in [4.69, 9.17) is 0 Å². The topological polar surface area (TPSA) is 32.3 Å². The van der Waals surface area contributed by atoms with Crippen LogP contribution in [0.5, 0.6) is 0 Å². The molecule has 0 saturated heterocycles. The van der Waals surface area contributed by atoms with E-state index in [1.54, 1.807) is 0 Å². The number of carbonyl (C=O) groups is 1. The third-order valence-electron chi connectivity index (χ3n) is 2.42. The number of alkyl halides is 1. The summed E-state index contributed by atoms with van der Waals surface area (Å²) in [5.41, 5.74) is 2.42. The summed E-state index contributed by atoms with van der Waals surface area (Å²) in [6, 6.07) is 8.17. The third kappa shape index (κ3) is 4.88. The van der Waals surface area contributed by atoms with Gasteiger partial charge < -0.3 is 10.2 Å². The van der Waals surface area contributed by atoms with Crippen molar-refractivity contribution in [3.8, 4) is 0 Å². The van der Waals surface area contributed by atoms with Crippen LogP contribution in [0.1, 0.15) is 18.1 Å². The molecule has 0 radical (unpaired) electrons. The lowest BCUT2D eigenvalue weighted by molar-refractivity contribution is -0.120. The molecule has 3 nitrogen and oxygen atoms in total. The summed E-state index contributed by atoms with van der Waals surface area (Å²) in [6.07, 6.45) is 0.